The number of guanidine groups is 1. The van der Waals surface area contributed by atoms with E-state index in [0.29, 0.717) is 0 Å². The van der Waals surface area contributed by atoms with E-state index in [1.54, 1.807) is 7.05 Å². The number of aliphatic imine (C=N–C) groups is 1. The molecular weight excluding hydrogens is 302 g/mol. The summed E-state index contributed by atoms with van der Waals surface area (Å²) in [6.07, 6.45) is 5.17. The Morgan fingerprint density at radius 2 is 2.25 bits per heavy atom. The molecule has 1 aromatic carbocycles. The second-order valence-corrected chi connectivity index (χ2v) is 6.53. The number of benzene rings is 1. The molecule has 2 aromatic rings. The maximum Gasteiger partial charge on any atom is 0.191 e. The number of imidazole rings is 1. The van der Waals surface area contributed by atoms with Crippen molar-refractivity contribution in [1.29, 1.82) is 0 Å². The average molecular weight is 329 g/mol. The largest absolute Gasteiger partial charge is 0.373 e. The van der Waals surface area contributed by atoms with Gasteiger partial charge in [-0.05, 0) is 38.3 Å². The number of para-hydroxylation sites is 2. The van der Waals surface area contributed by atoms with Crippen LogP contribution in [0.4, 0.5) is 0 Å². The number of ether oxygens (including phenoxy) is 1. The normalized spacial score (nSPS) is 21.3. The van der Waals surface area contributed by atoms with Crippen LogP contribution in [-0.2, 0) is 11.3 Å². The van der Waals surface area contributed by atoms with Crippen molar-refractivity contribution in [3.8, 4) is 0 Å². The summed E-state index contributed by atoms with van der Waals surface area (Å²) in [5.74, 6) is 0.835. The van der Waals surface area contributed by atoms with Crippen LogP contribution in [0.1, 0.15) is 26.2 Å². The van der Waals surface area contributed by atoms with Crippen LogP contribution < -0.4 is 10.6 Å². The number of hydrogen-bond acceptors (Lipinski definition) is 3. The molecule has 1 saturated heterocycles. The third kappa shape index (κ3) is 4.06. The van der Waals surface area contributed by atoms with Crippen LogP contribution in [-0.4, -0.2) is 47.9 Å². The maximum absolute atomic E-state index is 5.80. The van der Waals surface area contributed by atoms with E-state index in [1.165, 1.54) is 5.52 Å². The molecule has 1 aliphatic heterocycles. The molecule has 2 heterocycles. The first kappa shape index (κ1) is 16.8. The van der Waals surface area contributed by atoms with E-state index in [0.717, 1.165) is 57.0 Å². The number of fused-ring (bicyclic) bond motifs is 1. The minimum atomic E-state index is -0.0622. The van der Waals surface area contributed by atoms with Crippen molar-refractivity contribution in [2.45, 2.75) is 38.3 Å². The van der Waals surface area contributed by atoms with Gasteiger partial charge in [0.25, 0.3) is 0 Å². The zero-order valence-electron chi connectivity index (χ0n) is 14.6. The lowest BCUT2D eigenvalue weighted by atomic mass is 10.0. The predicted molar refractivity (Wildman–Crippen MR) is 97.3 cm³/mol. The summed E-state index contributed by atoms with van der Waals surface area (Å²) in [7, 11) is 1.80. The molecule has 0 radical (unpaired) electrons. The third-order valence-electron chi connectivity index (χ3n) is 4.55. The summed E-state index contributed by atoms with van der Waals surface area (Å²) in [5.41, 5.74) is 2.17. The van der Waals surface area contributed by atoms with Gasteiger partial charge in [0.1, 0.15) is 0 Å². The summed E-state index contributed by atoms with van der Waals surface area (Å²) in [5, 5.41) is 6.74. The van der Waals surface area contributed by atoms with Crippen LogP contribution in [0, 0.1) is 0 Å². The lowest BCUT2D eigenvalue weighted by molar-refractivity contribution is 0.0243. The molecule has 6 heteroatoms. The summed E-state index contributed by atoms with van der Waals surface area (Å²) in [6, 6.07) is 8.22. The Labute approximate surface area is 143 Å². The van der Waals surface area contributed by atoms with Crippen molar-refractivity contribution in [1.82, 2.24) is 20.2 Å². The van der Waals surface area contributed by atoms with E-state index < -0.39 is 0 Å². The van der Waals surface area contributed by atoms with E-state index in [4.69, 9.17) is 4.74 Å². The molecular formula is C18H27N5O. The number of hydrogen-bond donors (Lipinski definition) is 2. The van der Waals surface area contributed by atoms with Gasteiger partial charge in [-0.3, -0.25) is 4.99 Å². The minimum absolute atomic E-state index is 0.0622. The molecule has 3 rings (SSSR count). The number of aryl methyl sites for hydroxylation is 1. The molecule has 24 heavy (non-hydrogen) atoms. The van der Waals surface area contributed by atoms with Crippen molar-refractivity contribution in [2.75, 3.05) is 26.7 Å². The van der Waals surface area contributed by atoms with E-state index >= 15 is 0 Å². The molecule has 1 fully saturated rings. The first-order valence-electron chi connectivity index (χ1n) is 8.69. The molecule has 1 aliphatic rings. The molecule has 0 saturated carbocycles. The first-order valence-corrected chi connectivity index (χ1v) is 8.69. The fourth-order valence-corrected chi connectivity index (χ4v) is 3.11. The Balaban J connectivity index is 1.41. The Morgan fingerprint density at radius 1 is 1.38 bits per heavy atom. The predicted octanol–water partition coefficient (Wildman–Crippen LogP) is 2.16. The zero-order chi connectivity index (χ0) is 16.8. The third-order valence-corrected chi connectivity index (χ3v) is 4.55. The van der Waals surface area contributed by atoms with Crippen molar-refractivity contribution in [3.05, 3.63) is 30.6 Å². The number of aromatic nitrogens is 2. The summed E-state index contributed by atoms with van der Waals surface area (Å²) in [6.45, 7) is 5.61. The minimum Gasteiger partial charge on any atom is -0.373 e. The van der Waals surface area contributed by atoms with Crippen LogP contribution in [0.15, 0.2) is 35.6 Å². The van der Waals surface area contributed by atoms with Gasteiger partial charge in [0.05, 0.1) is 23.0 Å². The molecule has 0 amide bonds. The standard InChI is InChI=1S/C18H27N5O/c1-18(9-5-12-24-18)13-21-17(19-2)20-10-6-11-23-14-22-15-7-3-4-8-16(15)23/h3-4,7-8,14H,5-6,9-13H2,1-2H3,(H2,19,20,21). The number of rotatable bonds is 6. The Hall–Kier alpha value is -2.08. The van der Waals surface area contributed by atoms with E-state index in [9.17, 15) is 0 Å². The molecule has 0 aliphatic carbocycles. The van der Waals surface area contributed by atoms with Gasteiger partial charge in [-0.25, -0.2) is 4.98 Å². The van der Waals surface area contributed by atoms with Gasteiger partial charge in [-0.1, -0.05) is 12.1 Å². The molecule has 1 unspecified atom stereocenters. The summed E-state index contributed by atoms with van der Waals surface area (Å²) < 4.78 is 7.99. The average Bonchev–Trinajstić information content (AvgIpc) is 3.21. The van der Waals surface area contributed by atoms with Gasteiger partial charge >= 0.3 is 0 Å². The van der Waals surface area contributed by atoms with Crippen LogP contribution in [0.2, 0.25) is 0 Å². The van der Waals surface area contributed by atoms with Gasteiger partial charge in [0.15, 0.2) is 5.96 Å². The lowest BCUT2D eigenvalue weighted by Gasteiger charge is -2.24. The highest BCUT2D eigenvalue weighted by molar-refractivity contribution is 5.79. The van der Waals surface area contributed by atoms with Crippen molar-refractivity contribution < 1.29 is 4.74 Å². The van der Waals surface area contributed by atoms with Crippen LogP contribution in [0.3, 0.4) is 0 Å². The molecule has 130 valence electrons. The van der Waals surface area contributed by atoms with Gasteiger partial charge < -0.3 is 19.9 Å². The zero-order valence-corrected chi connectivity index (χ0v) is 14.6. The molecule has 1 atom stereocenters. The SMILES string of the molecule is CN=C(NCCCn1cnc2ccccc21)NCC1(C)CCCO1. The van der Waals surface area contributed by atoms with Crippen molar-refractivity contribution >= 4 is 17.0 Å². The van der Waals surface area contributed by atoms with Gasteiger partial charge in [-0.15, -0.1) is 0 Å². The topological polar surface area (TPSA) is 63.5 Å². The summed E-state index contributed by atoms with van der Waals surface area (Å²) in [4.78, 5) is 8.71. The number of nitrogens with zero attached hydrogens (tertiary/aromatic N) is 3. The second-order valence-electron chi connectivity index (χ2n) is 6.53. The first-order chi connectivity index (χ1) is 11.7. The van der Waals surface area contributed by atoms with Gasteiger partial charge in [0.2, 0.25) is 0 Å². The maximum atomic E-state index is 5.80. The van der Waals surface area contributed by atoms with Gasteiger partial charge in [0, 0.05) is 33.3 Å². The fourth-order valence-electron chi connectivity index (χ4n) is 3.11. The van der Waals surface area contributed by atoms with E-state index in [-0.39, 0.29) is 5.60 Å². The highest BCUT2D eigenvalue weighted by Crippen LogP contribution is 2.23. The summed E-state index contributed by atoms with van der Waals surface area (Å²) >= 11 is 0. The Kier molecular flexibility index (Phi) is 5.35. The van der Waals surface area contributed by atoms with Crippen molar-refractivity contribution in [2.24, 2.45) is 4.99 Å². The highest BCUT2D eigenvalue weighted by Gasteiger charge is 2.29. The van der Waals surface area contributed by atoms with E-state index in [2.05, 4.69) is 44.2 Å². The molecule has 2 N–H and O–H groups in total. The Bertz CT molecular complexity index is 688. The number of nitrogens with one attached hydrogen (secondary N) is 2. The lowest BCUT2D eigenvalue weighted by Crippen LogP contribution is -2.45. The fraction of sp³-hybridized carbons (Fsp3) is 0.556. The molecule has 0 spiro atoms. The van der Waals surface area contributed by atoms with Crippen LogP contribution >= 0.6 is 0 Å². The monoisotopic (exact) mass is 329 g/mol. The molecule has 1 aromatic heterocycles. The highest BCUT2D eigenvalue weighted by atomic mass is 16.5. The van der Waals surface area contributed by atoms with E-state index in [1.807, 2.05) is 18.5 Å². The molecule has 0 bridgehead atoms. The smallest absolute Gasteiger partial charge is 0.191 e. The van der Waals surface area contributed by atoms with Crippen LogP contribution in [0.5, 0.6) is 0 Å². The molecule has 6 nitrogen and oxygen atoms in total. The van der Waals surface area contributed by atoms with Crippen LogP contribution in [0.25, 0.3) is 11.0 Å². The van der Waals surface area contributed by atoms with Gasteiger partial charge in [-0.2, -0.15) is 0 Å². The van der Waals surface area contributed by atoms with Crippen molar-refractivity contribution in [3.63, 3.8) is 0 Å². The second kappa shape index (κ2) is 7.66. The quantitative estimate of drug-likeness (QED) is 0.484. The Morgan fingerprint density at radius 3 is 3.04 bits per heavy atom.